The third kappa shape index (κ3) is 3.49. The van der Waals surface area contributed by atoms with E-state index in [2.05, 4.69) is 21.2 Å². The first-order chi connectivity index (χ1) is 10.0. The number of rotatable bonds is 5. The molecule has 21 heavy (non-hydrogen) atoms. The lowest BCUT2D eigenvalue weighted by molar-refractivity contribution is -0.138. The monoisotopic (exact) mass is 369 g/mol. The van der Waals surface area contributed by atoms with Crippen LogP contribution in [-0.4, -0.2) is 18.2 Å². The number of halogens is 2. The van der Waals surface area contributed by atoms with Crippen molar-refractivity contribution in [3.63, 3.8) is 0 Å². The number of para-hydroxylation sites is 1. The number of anilines is 1. The van der Waals surface area contributed by atoms with Crippen molar-refractivity contribution in [2.24, 2.45) is 0 Å². The van der Waals surface area contributed by atoms with E-state index in [9.17, 15) is 9.90 Å². The van der Waals surface area contributed by atoms with Crippen LogP contribution in [0.4, 0.5) is 5.69 Å². The molecule has 2 aromatic rings. The highest BCUT2D eigenvalue weighted by molar-refractivity contribution is 9.10. The maximum atomic E-state index is 11.6. The number of benzene rings is 2. The summed E-state index contributed by atoms with van der Waals surface area (Å²) in [5, 5.41) is 12.8. The lowest BCUT2D eigenvalue weighted by atomic mass is 10.0. The molecule has 0 heterocycles. The van der Waals surface area contributed by atoms with Crippen molar-refractivity contribution in [2.45, 2.75) is 6.04 Å². The van der Waals surface area contributed by atoms with Crippen molar-refractivity contribution in [1.82, 2.24) is 0 Å². The Morgan fingerprint density at radius 2 is 2.00 bits per heavy atom. The van der Waals surface area contributed by atoms with Crippen molar-refractivity contribution in [2.75, 3.05) is 12.4 Å². The average molecular weight is 371 g/mol. The molecular formula is C15H13BrClNO3. The van der Waals surface area contributed by atoms with E-state index in [-0.39, 0.29) is 0 Å². The summed E-state index contributed by atoms with van der Waals surface area (Å²) in [6, 6.07) is 11.3. The van der Waals surface area contributed by atoms with Crippen LogP contribution >= 0.6 is 27.5 Å². The molecule has 0 spiro atoms. The number of ether oxygens (including phenoxy) is 1. The van der Waals surface area contributed by atoms with Gasteiger partial charge in [0.2, 0.25) is 0 Å². The van der Waals surface area contributed by atoms with Gasteiger partial charge in [-0.2, -0.15) is 0 Å². The number of carboxylic acids is 1. The Morgan fingerprint density at radius 3 is 2.62 bits per heavy atom. The van der Waals surface area contributed by atoms with E-state index in [1.54, 1.807) is 24.3 Å². The molecule has 0 radical (unpaired) electrons. The highest BCUT2D eigenvalue weighted by atomic mass is 79.9. The Kier molecular flexibility index (Phi) is 5.09. The molecule has 2 N–H and O–H groups in total. The van der Waals surface area contributed by atoms with Gasteiger partial charge in [-0.25, -0.2) is 4.79 Å². The molecule has 1 unspecified atom stereocenters. The van der Waals surface area contributed by atoms with Crippen LogP contribution in [-0.2, 0) is 4.79 Å². The van der Waals surface area contributed by atoms with Crippen LogP contribution in [0.3, 0.4) is 0 Å². The van der Waals surface area contributed by atoms with Gasteiger partial charge in [-0.1, -0.05) is 29.8 Å². The number of hydrogen-bond donors (Lipinski definition) is 2. The summed E-state index contributed by atoms with van der Waals surface area (Å²) in [5.41, 5.74) is 1.05. The molecule has 0 saturated heterocycles. The number of carboxylic acid groups (broad SMARTS) is 1. The zero-order valence-electron chi connectivity index (χ0n) is 11.1. The summed E-state index contributed by atoms with van der Waals surface area (Å²) in [4.78, 5) is 11.6. The summed E-state index contributed by atoms with van der Waals surface area (Å²) in [6.45, 7) is 0. The molecule has 0 saturated carbocycles. The largest absolute Gasteiger partial charge is 0.496 e. The molecular weight excluding hydrogens is 358 g/mol. The van der Waals surface area contributed by atoms with E-state index in [4.69, 9.17) is 16.3 Å². The highest BCUT2D eigenvalue weighted by Crippen LogP contribution is 2.35. The van der Waals surface area contributed by atoms with Gasteiger partial charge in [-0.05, 0) is 40.2 Å². The lowest BCUT2D eigenvalue weighted by Crippen LogP contribution is -2.21. The number of carbonyl (C=O) groups is 1. The molecule has 2 rings (SSSR count). The van der Waals surface area contributed by atoms with Crippen LogP contribution < -0.4 is 10.1 Å². The second-order valence-electron chi connectivity index (χ2n) is 4.25. The topological polar surface area (TPSA) is 58.6 Å². The van der Waals surface area contributed by atoms with Crippen molar-refractivity contribution in [3.8, 4) is 5.75 Å². The number of methoxy groups -OCH3 is 1. The number of hydrogen-bond acceptors (Lipinski definition) is 3. The summed E-state index contributed by atoms with van der Waals surface area (Å²) in [6.07, 6.45) is 0. The van der Waals surface area contributed by atoms with Crippen LogP contribution in [0.5, 0.6) is 5.75 Å². The van der Waals surface area contributed by atoms with Crippen LogP contribution in [0.1, 0.15) is 11.6 Å². The van der Waals surface area contributed by atoms with Gasteiger partial charge >= 0.3 is 5.97 Å². The molecule has 6 heteroatoms. The fourth-order valence-corrected chi connectivity index (χ4v) is 2.64. The van der Waals surface area contributed by atoms with E-state index < -0.39 is 12.0 Å². The number of nitrogens with one attached hydrogen (secondary N) is 1. The van der Waals surface area contributed by atoms with Crippen LogP contribution in [0.15, 0.2) is 46.9 Å². The summed E-state index contributed by atoms with van der Waals surface area (Å²) < 4.78 is 5.99. The first-order valence-electron chi connectivity index (χ1n) is 6.11. The molecule has 0 bridgehead atoms. The maximum Gasteiger partial charge on any atom is 0.331 e. The first-order valence-corrected chi connectivity index (χ1v) is 7.28. The van der Waals surface area contributed by atoms with Gasteiger partial charge in [-0.15, -0.1) is 0 Å². The zero-order valence-corrected chi connectivity index (χ0v) is 13.5. The predicted molar refractivity (Wildman–Crippen MR) is 86.1 cm³/mol. The van der Waals surface area contributed by atoms with Gasteiger partial charge in [0.1, 0.15) is 5.75 Å². The summed E-state index contributed by atoms with van der Waals surface area (Å²) in [5.74, 6) is -0.619. The highest BCUT2D eigenvalue weighted by Gasteiger charge is 2.26. The SMILES string of the molecule is COc1cccc(Cl)c1C(Nc1ccccc1Br)C(=O)O. The lowest BCUT2D eigenvalue weighted by Gasteiger charge is -2.20. The molecule has 0 aliphatic carbocycles. The van der Waals surface area contributed by atoms with Crippen LogP contribution in [0.2, 0.25) is 5.02 Å². The smallest absolute Gasteiger partial charge is 0.331 e. The second kappa shape index (κ2) is 6.83. The van der Waals surface area contributed by atoms with Crippen molar-refractivity contribution in [3.05, 3.63) is 57.5 Å². The van der Waals surface area contributed by atoms with Crippen LogP contribution in [0, 0.1) is 0 Å². The van der Waals surface area contributed by atoms with E-state index >= 15 is 0 Å². The molecule has 0 aliphatic rings. The van der Waals surface area contributed by atoms with Gasteiger partial charge in [0.15, 0.2) is 6.04 Å². The Balaban J connectivity index is 2.46. The molecule has 2 aromatic carbocycles. The Hall–Kier alpha value is -1.72. The van der Waals surface area contributed by atoms with E-state index in [0.29, 0.717) is 22.0 Å². The molecule has 4 nitrogen and oxygen atoms in total. The molecule has 0 aromatic heterocycles. The van der Waals surface area contributed by atoms with Crippen molar-refractivity contribution in [1.29, 1.82) is 0 Å². The molecule has 1 atom stereocenters. The maximum absolute atomic E-state index is 11.6. The summed E-state index contributed by atoms with van der Waals surface area (Å²) >= 11 is 9.54. The van der Waals surface area contributed by atoms with Gasteiger partial charge < -0.3 is 15.2 Å². The summed E-state index contributed by atoms with van der Waals surface area (Å²) in [7, 11) is 1.48. The fraction of sp³-hybridized carbons (Fsp3) is 0.133. The normalized spacial score (nSPS) is 11.8. The second-order valence-corrected chi connectivity index (χ2v) is 5.51. The minimum Gasteiger partial charge on any atom is -0.496 e. The Morgan fingerprint density at radius 1 is 1.29 bits per heavy atom. The molecule has 0 fully saturated rings. The Bertz CT molecular complexity index is 663. The van der Waals surface area contributed by atoms with Gasteiger partial charge in [0, 0.05) is 15.7 Å². The minimum atomic E-state index is -1.04. The zero-order chi connectivity index (χ0) is 15.4. The molecule has 110 valence electrons. The van der Waals surface area contributed by atoms with Gasteiger partial charge in [0.05, 0.1) is 12.1 Å². The quantitative estimate of drug-likeness (QED) is 0.821. The fourth-order valence-electron chi connectivity index (χ4n) is 1.97. The predicted octanol–water partition coefficient (Wildman–Crippen LogP) is 4.35. The Labute approximate surface area is 135 Å². The average Bonchev–Trinajstić information content (AvgIpc) is 2.46. The van der Waals surface area contributed by atoms with E-state index in [0.717, 1.165) is 4.47 Å². The third-order valence-electron chi connectivity index (χ3n) is 2.94. The van der Waals surface area contributed by atoms with Crippen LogP contribution in [0.25, 0.3) is 0 Å². The minimum absolute atomic E-state index is 0.335. The van der Waals surface area contributed by atoms with E-state index in [1.807, 2.05) is 18.2 Å². The van der Waals surface area contributed by atoms with Gasteiger partial charge in [0.25, 0.3) is 0 Å². The van der Waals surface area contributed by atoms with Crippen molar-refractivity contribution < 1.29 is 14.6 Å². The van der Waals surface area contributed by atoms with Crippen molar-refractivity contribution >= 4 is 39.2 Å². The molecule has 0 amide bonds. The van der Waals surface area contributed by atoms with E-state index in [1.165, 1.54) is 7.11 Å². The standard InChI is InChI=1S/C15H13BrClNO3/c1-21-12-8-4-6-10(17)13(12)14(15(19)20)18-11-7-3-2-5-9(11)16/h2-8,14,18H,1H3,(H,19,20). The first kappa shape index (κ1) is 15.7. The van der Waals surface area contributed by atoms with Gasteiger partial charge in [-0.3, -0.25) is 0 Å². The molecule has 0 aliphatic heterocycles. The number of aliphatic carboxylic acids is 1. The third-order valence-corrected chi connectivity index (χ3v) is 3.96.